The van der Waals surface area contributed by atoms with Gasteiger partial charge in [0.05, 0.1) is 0 Å². The molecular weight excluding hydrogens is 269 g/mol. The fourth-order valence-electron chi connectivity index (χ4n) is 2.11. The van der Waals surface area contributed by atoms with Crippen LogP contribution >= 0.6 is 0 Å². The van der Waals surface area contributed by atoms with Gasteiger partial charge in [-0.1, -0.05) is 6.07 Å². The molecule has 20 heavy (non-hydrogen) atoms. The highest BCUT2D eigenvalue weighted by molar-refractivity contribution is 5.54. The van der Waals surface area contributed by atoms with Crippen LogP contribution in [0.3, 0.4) is 0 Å². The van der Waals surface area contributed by atoms with Gasteiger partial charge in [0.25, 0.3) is 0 Å². The van der Waals surface area contributed by atoms with Crippen LogP contribution in [0.4, 0.5) is 18.9 Å². The smallest absolute Gasteiger partial charge is 0.389 e. The lowest BCUT2D eigenvalue weighted by Gasteiger charge is -2.22. The molecule has 0 saturated heterocycles. The van der Waals surface area contributed by atoms with Crippen molar-refractivity contribution >= 4 is 5.69 Å². The van der Waals surface area contributed by atoms with E-state index in [1.54, 1.807) is 18.2 Å². The monoisotopic (exact) mass is 290 g/mol. The summed E-state index contributed by atoms with van der Waals surface area (Å²) in [7, 11) is 0. The van der Waals surface area contributed by atoms with Gasteiger partial charge < -0.3 is 15.7 Å². The maximum Gasteiger partial charge on any atom is 0.389 e. The van der Waals surface area contributed by atoms with E-state index in [1.165, 1.54) is 0 Å². The minimum atomic E-state index is -4.23. The highest BCUT2D eigenvalue weighted by Crippen LogP contribution is 2.32. The number of nitrogens with two attached hydrogens (primary N) is 1. The fourth-order valence-corrected chi connectivity index (χ4v) is 2.11. The standard InChI is InChI=1S/C14H21F3N2O/c1-3-19(4-2)10-5-6-11(13(20)9-10)12(18)7-8-14(15,16)17/h5-6,9,12,20H,3-4,7-8,18H2,1-2H3/t12-/m0/s1. The molecule has 0 saturated carbocycles. The first-order valence-electron chi connectivity index (χ1n) is 6.68. The maximum atomic E-state index is 12.2. The van der Waals surface area contributed by atoms with Crippen molar-refractivity contribution in [1.82, 2.24) is 0 Å². The predicted octanol–water partition coefficient (Wildman–Crippen LogP) is 3.58. The zero-order chi connectivity index (χ0) is 15.3. The minimum Gasteiger partial charge on any atom is -0.508 e. The van der Waals surface area contributed by atoms with Crippen molar-refractivity contribution in [3.8, 4) is 5.75 Å². The van der Waals surface area contributed by atoms with E-state index in [-0.39, 0.29) is 12.2 Å². The molecule has 1 aromatic carbocycles. The van der Waals surface area contributed by atoms with Gasteiger partial charge in [-0.2, -0.15) is 13.2 Å². The number of nitrogens with zero attached hydrogens (tertiary/aromatic N) is 1. The summed E-state index contributed by atoms with van der Waals surface area (Å²) in [6, 6.07) is 4.11. The van der Waals surface area contributed by atoms with Crippen molar-refractivity contribution in [2.24, 2.45) is 5.73 Å². The summed E-state index contributed by atoms with van der Waals surface area (Å²) in [5.74, 6) is -0.0518. The molecule has 3 N–H and O–H groups in total. The summed E-state index contributed by atoms with van der Waals surface area (Å²) in [6.07, 6.45) is -5.42. The van der Waals surface area contributed by atoms with Crippen LogP contribution in [0.15, 0.2) is 18.2 Å². The van der Waals surface area contributed by atoms with E-state index in [2.05, 4.69) is 0 Å². The maximum absolute atomic E-state index is 12.2. The first kappa shape index (κ1) is 16.6. The Kier molecular flexibility index (Phi) is 5.68. The van der Waals surface area contributed by atoms with Gasteiger partial charge in [-0.15, -0.1) is 0 Å². The van der Waals surface area contributed by atoms with Crippen LogP contribution in [0.1, 0.15) is 38.3 Å². The van der Waals surface area contributed by atoms with Crippen molar-refractivity contribution in [1.29, 1.82) is 0 Å². The van der Waals surface area contributed by atoms with Crippen LogP contribution in [-0.4, -0.2) is 24.4 Å². The van der Waals surface area contributed by atoms with Crippen molar-refractivity contribution in [2.75, 3.05) is 18.0 Å². The first-order chi connectivity index (χ1) is 9.28. The van der Waals surface area contributed by atoms with E-state index in [0.717, 1.165) is 18.8 Å². The number of phenols is 1. The van der Waals surface area contributed by atoms with Gasteiger partial charge in [0.15, 0.2) is 0 Å². The van der Waals surface area contributed by atoms with E-state index in [9.17, 15) is 18.3 Å². The third kappa shape index (κ3) is 4.59. The molecule has 0 heterocycles. The molecule has 1 rings (SSSR count). The van der Waals surface area contributed by atoms with Gasteiger partial charge in [0.1, 0.15) is 5.75 Å². The average molecular weight is 290 g/mol. The Morgan fingerprint density at radius 3 is 2.30 bits per heavy atom. The van der Waals surface area contributed by atoms with Gasteiger partial charge in [-0.3, -0.25) is 0 Å². The van der Waals surface area contributed by atoms with Gasteiger partial charge in [0, 0.05) is 42.9 Å². The lowest BCUT2D eigenvalue weighted by atomic mass is 10.0. The van der Waals surface area contributed by atoms with E-state index in [0.29, 0.717) is 5.56 Å². The lowest BCUT2D eigenvalue weighted by Crippen LogP contribution is -2.22. The van der Waals surface area contributed by atoms with Crippen molar-refractivity contribution in [3.05, 3.63) is 23.8 Å². The van der Waals surface area contributed by atoms with Gasteiger partial charge in [-0.25, -0.2) is 0 Å². The van der Waals surface area contributed by atoms with E-state index < -0.39 is 18.6 Å². The zero-order valence-electron chi connectivity index (χ0n) is 11.7. The quantitative estimate of drug-likeness (QED) is 0.842. The summed E-state index contributed by atoms with van der Waals surface area (Å²) in [4.78, 5) is 2.03. The number of hydrogen-bond acceptors (Lipinski definition) is 3. The second-order valence-electron chi connectivity index (χ2n) is 4.68. The Balaban J connectivity index is 2.82. The molecule has 114 valence electrons. The highest BCUT2D eigenvalue weighted by atomic mass is 19.4. The lowest BCUT2D eigenvalue weighted by molar-refractivity contribution is -0.136. The van der Waals surface area contributed by atoms with Gasteiger partial charge in [0.2, 0.25) is 0 Å². The SMILES string of the molecule is CCN(CC)c1ccc([C@@H](N)CCC(F)(F)F)c(O)c1. The number of aromatic hydroxyl groups is 1. The molecule has 0 unspecified atom stereocenters. The number of hydrogen-bond donors (Lipinski definition) is 2. The summed E-state index contributed by atoms with van der Waals surface area (Å²) in [6.45, 7) is 5.55. The highest BCUT2D eigenvalue weighted by Gasteiger charge is 2.28. The van der Waals surface area contributed by atoms with Crippen LogP contribution in [0, 0.1) is 0 Å². The molecule has 3 nitrogen and oxygen atoms in total. The molecule has 0 amide bonds. The first-order valence-corrected chi connectivity index (χ1v) is 6.68. The second kappa shape index (κ2) is 6.83. The van der Waals surface area contributed by atoms with Crippen LogP contribution in [0.25, 0.3) is 0 Å². The second-order valence-corrected chi connectivity index (χ2v) is 4.68. The van der Waals surface area contributed by atoms with E-state index in [1.807, 2.05) is 18.7 Å². The Labute approximate surface area is 117 Å². The van der Waals surface area contributed by atoms with Crippen LogP contribution in [0.5, 0.6) is 5.75 Å². The van der Waals surface area contributed by atoms with Crippen molar-refractivity contribution < 1.29 is 18.3 Å². The molecule has 0 aliphatic heterocycles. The van der Waals surface area contributed by atoms with Gasteiger partial charge >= 0.3 is 6.18 Å². The van der Waals surface area contributed by atoms with E-state index >= 15 is 0 Å². The fraction of sp³-hybridized carbons (Fsp3) is 0.571. The molecule has 0 aromatic heterocycles. The Hall–Kier alpha value is -1.43. The molecule has 0 aliphatic carbocycles. The Bertz CT molecular complexity index is 431. The van der Waals surface area contributed by atoms with Crippen LogP contribution < -0.4 is 10.6 Å². The summed E-state index contributed by atoms with van der Waals surface area (Å²) < 4.78 is 36.5. The third-order valence-corrected chi connectivity index (χ3v) is 3.28. The molecular formula is C14H21F3N2O. The van der Waals surface area contributed by atoms with Crippen molar-refractivity contribution in [3.63, 3.8) is 0 Å². The Morgan fingerprint density at radius 1 is 1.25 bits per heavy atom. The molecule has 0 aliphatic rings. The molecule has 1 aromatic rings. The average Bonchev–Trinajstić information content (AvgIpc) is 2.37. The summed E-state index contributed by atoms with van der Waals surface area (Å²) in [5, 5.41) is 9.94. The molecule has 0 fully saturated rings. The summed E-state index contributed by atoms with van der Waals surface area (Å²) in [5.41, 5.74) is 6.91. The summed E-state index contributed by atoms with van der Waals surface area (Å²) >= 11 is 0. The van der Waals surface area contributed by atoms with Crippen LogP contribution in [-0.2, 0) is 0 Å². The van der Waals surface area contributed by atoms with Crippen LogP contribution in [0.2, 0.25) is 0 Å². The molecule has 0 bridgehead atoms. The van der Waals surface area contributed by atoms with E-state index in [4.69, 9.17) is 5.73 Å². The molecule has 6 heteroatoms. The normalized spacial score (nSPS) is 13.3. The molecule has 0 radical (unpaired) electrons. The zero-order valence-corrected chi connectivity index (χ0v) is 11.7. The van der Waals surface area contributed by atoms with Crippen molar-refractivity contribution in [2.45, 2.75) is 38.9 Å². The molecule has 0 spiro atoms. The third-order valence-electron chi connectivity index (χ3n) is 3.28. The number of halogens is 3. The predicted molar refractivity (Wildman–Crippen MR) is 73.9 cm³/mol. The van der Waals surface area contributed by atoms with Gasteiger partial charge in [-0.05, 0) is 26.3 Å². The largest absolute Gasteiger partial charge is 0.508 e. The number of phenolic OH excluding ortho intramolecular Hbond substituents is 1. The Morgan fingerprint density at radius 2 is 1.85 bits per heavy atom. The number of anilines is 1. The molecule has 1 atom stereocenters. The topological polar surface area (TPSA) is 49.5 Å². The number of benzene rings is 1. The number of alkyl halides is 3. The minimum absolute atomic E-state index is 0.0518. The number of rotatable bonds is 6.